The zero-order chi connectivity index (χ0) is 15.9. The van der Waals surface area contributed by atoms with Crippen molar-refractivity contribution in [1.29, 1.82) is 0 Å². The van der Waals surface area contributed by atoms with Crippen LogP contribution in [0.1, 0.15) is 53.9 Å². The van der Waals surface area contributed by atoms with Gasteiger partial charge in [-0.15, -0.1) is 0 Å². The number of Topliss-reactive ketones (excluding diaryl/α,β-unsaturated/α-hetero) is 1. The van der Waals surface area contributed by atoms with Crippen molar-refractivity contribution in [3.63, 3.8) is 0 Å². The van der Waals surface area contributed by atoms with Crippen LogP contribution >= 0.6 is 0 Å². The zero-order valence-corrected chi connectivity index (χ0v) is 13.8. The van der Waals surface area contributed by atoms with E-state index in [1.165, 1.54) is 6.92 Å². The van der Waals surface area contributed by atoms with Crippen molar-refractivity contribution in [2.45, 2.75) is 65.6 Å². The number of hydrogen-bond donors (Lipinski definition) is 1. The summed E-state index contributed by atoms with van der Waals surface area (Å²) >= 11 is 0. The van der Waals surface area contributed by atoms with E-state index in [2.05, 4.69) is 13.8 Å². The molecule has 0 saturated heterocycles. The molecule has 0 amide bonds. The van der Waals surface area contributed by atoms with Crippen molar-refractivity contribution >= 4 is 11.8 Å². The number of fused-ring (bicyclic) bond motifs is 1. The highest BCUT2D eigenvalue weighted by Crippen LogP contribution is 2.66. The minimum atomic E-state index is -0.926. The lowest BCUT2D eigenvalue weighted by Gasteiger charge is -2.32. The second kappa shape index (κ2) is 5.71. The average molecular weight is 296 g/mol. The summed E-state index contributed by atoms with van der Waals surface area (Å²) in [5, 5.41) is 10.7. The summed E-state index contributed by atoms with van der Waals surface area (Å²) in [5.41, 5.74) is -0.926. The molecule has 0 aromatic rings. The summed E-state index contributed by atoms with van der Waals surface area (Å²) in [5.74, 6) is 1.98. The molecule has 0 bridgehead atoms. The molecule has 0 aromatic carbocycles. The molecule has 120 valence electrons. The maximum Gasteiger partial charge on any atom is 0.303 e. The number of esters is 1. The lowest BCUT2D eigenvalue weighted by atomic mass is 9.80. The van der Waals surface area contributed by atoms with Gasteiger partial charge in [0.25, 0.3) is 0 Å². The van der Waals surface area contributed by atoms with Gasteiger partial charge in [0.15, 0.2) is 0 Å². The van der Waals surface area contributed by atoms with Crippen LogP contribution in [0, 0.1) is 29.6 Å². The molecule has 2 aliphatic rings. The van der Waals surface area contributed by atoms with Gasteiger partial charge < -0.3 is 14.6 Å². The first-order chi connectivity index (χ1) is 9.66. The Hall–Kier alpha value is -0.900. The van der Waals surface area contributed by atoms with Gasteiger partial charge >= 0.3 is 5.97 Å². The number of ketones is 1. The molecule has 21 heavy (non-hydrogen) atoms. The summed E-state index contributed by atoms with van der Waals surface area (Å²) < 4.78 is 5.27. The smallest absolute Gasteiger partial charge is 0.303 e. The normalized spacial score (nSPS) is 39.0. The van der Waals surface area contributed by atoms with Crippen molar-refractivity contribution in [3.05, 3.63) is 0 Å². The predicted molar refractivity (Wildman–Crippen MR) is 79.5 cm³/mol. The van der Waals surface area contributed by atoms with E-state index < -0.39 is 5.60 Å². The first-order valence-corrected chi connectivity index (χ1v) is 8.05. The van der Waals surface area contributed by atoms with Crippen LogP contribution in [0.2, 0.25) is 0 Å². The van der Waals surface area contributed by atoms with Gasteiger partial charge in [0.1, 0.15) is 17.5 Å². The highest BCUT2D eigenvalue weighted by Gasteiger charge is 2.69. The molecule has 0 spiro atoms. The van der Waals surface area contributed by atoms with Crippen LogP contribution in [0.4, 0.5) is 0 Å². The fraction of sp³-hybridized carbons (Fsp3) is 0.882. The van der Waals surface area contributed by atoms with Crippen LogP contribution in [0.3, 0.4) is 0 Å². The lowest BCUT2D eigenvalue weighted by molar-refractivity contribution is -0.161. The third-order valence-corrected chi connectivity index (χ3v) is 5.53. The average Bonchev–Trinajstić information content (AvgIpc) is 2.94. The van der Waals surface area contributed by atoms with E-state index in [9.17, 15) is 14.7 Å². The van der Waals surface area contributed by atoms with Gasteiger partial charge in [0.05, 0.1) is 0 Å². The molecule has 0 unspecified atom stereocenters. The number of rotatable bonds is 6. The molecule has 6 atom stereocenters. The molecular formula is C17H28O4. The maximum atomic E-state index is 11.3. The van der Waals surface area contributed by atoms with Gasteiger partial charge in [-0.1, -0.05) is 13.8 Å². The summed E-state index contributed by atoms with van der Waals surface area (Å²) in [6, 6.07) is 0. The van der Waals surface area contributed by atoms with E-state index in [0.717, 1.165) is 12.8 Å². The van der Waals surface area contributed by atoms with Crippen LogP contribution in [0.5, 0.6) is 0 Å². The molecular weight excluding hydrogens is 268 g/mol. The monoisotopic (exact) mass is 296 g/mol. The lowest BCUT2D eigenvalue weighted by Crippen LogP contribution is -2.42. The maximum absolute atomic E-state index is 11.3. The third-order valence-electron chi connectivity index (χ3n) is 5.53. The van der Waals surface area contributed by atoms with Gasteiger partial charge in [0, 0.05) is 13.3 Å². The molecule has 2 aliphatic carbocycles. The Morgan fingerprint density at radius 1 is 1.33 bits per heavy atom. The Bertz CT molecular complexity index is 427. The van der Waals surface area contributed by atoms with Gasteiger partial charge in [-0.3, -0.25) is 4.79 Å². The number of carbonyl (C=O) groups is 2. The minimum absolute atomic E-state index is 0.209. The Balaban J connectivity index is 2.02. The highest BCUT2D eigenvalue weighted by molar-refractivity contribution is 5.75. The largest absolute Gasteiger partial charge is 0.459 e. The summed E-state index contributed by atoms with van der Waals surface area (Å²) in [4.78, 5) is 22.4. The van der Waals surface area contributed by atoms with Crippen LogP contribution in [-0.4, -0.2) is 28.6 Å². The van der Waals surface area contributed by atoms with Crippen LogP contribution in [-0.2, 0) is 14.3 Å². The number of hydrogen-bond acceptors (Lipinski definition) is 4. The summed E-state index contributed by atoms with van der Waals surface area (Å²) in [6.45, 7) is 9.21. The van der Waals surface area contributed by atoms with E-state index in [1.807, 2.05) is 0 Å². The van der Waals surface area contributed by atoms with E-state index in [1.54, 1.807) is 13.8 Å². The van der Waals surface area contributed by atoms with Gasteiger partial charge in [0.2, 0.25) is 0 Å². The fourth-order valence-corrected chi connectivity index (χ4v) is 4.52. The zero-order valence-electron chi connectivity index (χ0n) is 13.8. The number of aliphatic hydroxyl groups is 1. The van der Waals surface area contributed by atoms with Crippen molar-refractivity contribution in [2.75, 3.05) is 0 Å². The third kappa shape index (κ3) is 3.15. The molecule has 2 saturated carbocycles. The molecule has 1 N–H and O–H groups in total. The van der Waals surface area contributed by atoms with Crippen LogP contribution in [0.25, 0.3) is 0 Å². The SMILES string of the molecule is CC(=O)CC[C@@H](C(C)C)[C@H]1[C@@H]2C[C@H](OC(C)=O)[C@](C)(O)[C@@H]21. The molecule has 2 rings (SSSR count). The molecule has 0 aromatic heterocycles. The van der Waals surface area contributed by atoms with Crippen molar-refractivity contribution in [3.8, 4) is 0 Å². The second-order valence-corrected chi connectivity index (χ2v) is 7.48. The van der Waals surface area contributed by atoms with E-state index >= 15 is 0 Å². The van der Waals surface area contributed by atoms with Crippen molar-refractivity contribution in [1.82, 2.24) is 0 Å². The summed E-state index contributed by atoms with van der Waals surface area (Å²) in [6.07, 6.45) is 1.90. The van der Waals surface area contributed by atoms with Crippen molar-refractivity contribution in [2.24, 2.45) is 29.6 Å². The summed E-state index contributed by atoms with van der Waals surface area (Å²) in [7, 11) is 0. The first kappa shape index (κ1) is 16.5. The van der Waals surface area contributed by atoms with Gasteiger partial charge in [-0.2, -0.15) is 0 Å². The fourth-order valence-electron chi connectivity index (χ4n) is 4.52. The number of ether oxygens (including phenoxy) is 1. The van der Waals surface area contributed by atoms with E-state index in [0.29, 0.717) is 30.1 Å². The Morgan fingerprint density at radius 3 is 2.33 bits per heavy atom. The van der Waals surface area contributed by atoms with Gasteiger partial charge in [-0.25, -0.2) is 0 Å². The first-order valence-electron chi connectivity index (χ1n) is 8.05. The molecule has 0 heterocycles. The topological polar surface area (TPSA) is 63.6 Å². The van der Waals surface area contributed by atoms with Gasteiger partial charge in [-0.05, 0) is 56.3 Å². The van der Waals surface area contributed by atoms with Crippen LogP contribution in [0.15, 0.2) is 0 Å². The molecule has 0 aliphatic heterocycles. The number of carbonyl (C=O) groups excluding carboxylic acids is 2. The second-order valence-electron chi connectivity index (χ2n) is 7.48. The molecule has 4 nitrogen and oxygen atoms in total. The standard InChI is InChI=1S/C17H28O4/c1-9(2)12(7-6-10(3)18)15-13-8-14(21-11(4)19)17(5,20)16(13)15/h9,12-16,20H,6-8H2,1-5H3/t12-,13-,14-,15-,16-,17-/m0/s1. The Morgan fingerprint density at radius 2 is 1.95 bits per heavy atom. The Labute approximate surface area is 127 Å². The van der Waals surface area contributed by atoms with E-state index in [4.69, 9.17) is 4.74 Å². The molecule has 0 radical (unpaired) electrons. The quantitative estimate of drug-likeness (QED) is 0.765. The Kier molecular flexibility index (Phi) is 4.48. The molecule has 4 heteroatoms. The van der Waals surface area contributed by atoms with Crippen LogP contribution < -0.4 is 0 Å². The minimum Gasteiger partial charge on any atom is -0.459 e. The molecule has 2 fully saturated rings. The van der Waals surface area contributed by atoms with E-state index in [-0.39, 0.29) is 23.8 Å². The van der Waals surface area contributed by atoms with Crippen molar-refractivity contribution < 1.29 is 19.4 Å². The predicted octanol–water partition coefficient (Wildman–Crippen LogP) is 2.58. The highest BCUT2D eigenvalue weighted by atomic mass is 16.6.